The molecule has 3 heteroatoms. The molecule has 3 nitrogen and oxygen atoms in total. The summed E-state index contributed by atoms with van der Waals surface area (Å²) in [4.78, 5) is 0. The number of rotatable bonds is 6. The van der Waals surface area contributed by atoms with Crippen molar-refractivity contribution in [3.8, 4) is 17.2 Å². The first kappa shape index (κ1) is 24.3. The van der Waals surface area contributed by atoms with Crippen LogP contribution in [-0.2, 0) is 19.3 Å². The zero-order valence-corrected chi connectivity index (χ0v) is 17.2. The molecule has 3 aromatic carbocycles. The van der Waals surface area contributed by atoms with E-state index in [0.29, 0.717) is 17.2 Å². The van der Waals surface area contributed by atoms with Gasteiger partial charge in [-0.05, 0) is 66.3 Å². The molecule has 3 N–H and O–H groups in total. The molecule has 0 radical (unpaired) electrons. The maximum Gasteiger partial charge on any atom is 0.119 e. The van der Waals surface area contributed by atoms with Crippen LogP contribution in [0.1, 0.15) is 16.7 Å². The number of hydrogen-bond acceptors (Lipinski definition) is 3. The van der Waals surface area contributed by atoms with E-state index in [1.54, 1.807) is 36.4 Å². The SMILES string of the molecule is C=CCc1ccc(O)cc1.C=CCc1cccc(O)c1.C=CCc1ccccc1O. The third kappa shape index (κ3) is 10.00. The fourth-order valence-corrected chi connectivity index (χ4v) is 2.49. The Morgan fingerprint density at radius 3 is 1.73 bits per heavy atom. The molecule has 0 heterocycles. The van der Waals surface area contributed by atoms with Gasteiger partial charge in [-0.1, -0.05) is 60.7 Å². The molecule has 156 valence electrons. The molecule has 0 amide bonds. The Hall–Kier alpha value is -3.72. The van der Waals surface area contributed by atoms with Gasteiger partial charge in [-0.3, -0.25) is 0 Å². The third-order valence-electron chi connectivity index (χ3n) is 3.96. The minimum atomic E-state index is 0.313. The second-order valence-electron chi connectivity index (χ2n) is 6.44. The van der Waals surface area contributed by atoms with Gasteiger partial charge in [0.05, 0.1) is 0 Å². The van der Waals surface area contributed by atoms with Crippen molar-refractivity contribution in [1.29, 1.82) is 0 Å². The van der Waals surface area contributed by atoms with Crippen molar-refractivity contribution in [2.75, 3.05) is 0 Å². The molecule has 0 fully saturated rings. The lowest BCUT2D eigenvalue weighted by molar-refractivity contribution is 0.469. The highest BCUT2D eigenvalue weighted by atomic mass is 16.3. The highest BCUT2D eigenvalue weighted by Gasteiger charge is 1.94. The first-order chi connectivity index (χ1) is 14.5. The molecule has 3 rings (SSSR count). The number of phenols is 3. The molecule has 0 aliphatic heterocycles. The highest BCUT2D eigenvalue weighted by Crippen LogP contribution is 2.15. The summed E-state index contributed by atoms with van der Waals surface area (Å²) in [6.45, 7) is 10.8. The van der Waals surface area contributed by atoms with Gasteiger partial charge in [0.2, 0.25) is 0 Å². The second-order valence-corrected chi connectivity index (χ2v) is 6.44. The quantitative estimate of drug-likeness (QED) is 0.420. The number of allylic oxidation sites excluding steroid dienone is 3. The average Bonchev–Trinajstić information content (AvgIpc) is 2.73. The van der Waals surface area contributed by atoms with E-state index in [-0.39, 0.29) is 0 Å². The molecule has 3 aromatic rings. The maximum absolute atomic E-state index is 9.19. The van der Waals surface area contributed by atoms with E-state index in [9.17, 15) is 5.11 Å². The van der Waals surface area contributed by atoms with E-state index in [1.165, 1.54) is 5.56 Å². The van der Waals surface area contributed by atoms with Gasteiger partial charge in [-0.2, -0.15) is 0 Å². The molecule has 0 spiro atoms. The van der Waals surface area contributed by atoms with Gasteiger partial charge in [-0.15, -0.1) is 19.7 Å². The van der Waals surface area contributed by atoms with E-state index in [0.717, 1.165) is 30.4 Å². The van der Waals surface area contributed by atoms with E-state index < -0.39 is 0 Å². The van der Waals surface area contributed by atoms with E-state index in [2.05, 4.69) is 19.7 Å². The number of benzene rings is 3. The Morgan fingerprint density at radius 1 is 0.567 bits per heavy atom. The third-order valence-corrected chi connectivity index (χ3v) is 3.96. The van der Waals surface area contributed by atoms with Crippen LogP contribution in [0, 0.1) is 0 Å². The number of para-hydroxylation sites is 1. The van der Waals surface area contributed by atoms with E-state index >= 15 is 0 Å². The summed E-state index contributed by atoms with van der Waals surface area (Å²) in [6, 6.07) is 21.6. The van der Waals surface area contributed by atoms with Crippen molar-refractivity contribution in [3.05, 3.63) is 127 Å². The van der Waals surface area contributed by atoms with Crippen LogP contribution in [0.25, 0.3) is 0 Å². The van der Waals surface area contributed by atoms with Crippen LogP contribution in [0.4, 0.5) is 0 Å². The van der Waals surface area contributed by atoms with Crippen molar-refractivity contribution in [3.63, 3.8) is 0 Å². The summed E-state index contributed by atoms with van der Waals surface area (Å²) in [7, 11) is 0. The predicted molar refractivity (Wildman–Crippen MR) is 126 cm³/mol. The van der Waals surface area contributed by atoms with Crippen LogP contribution < -0.4 is 0 Å². The lowest BCUT2D eigenvalue weighted by Gasteiger charge is -1.97. The van der Waals surface area contributed by atoms with Gasteiger partial charge in [0, 0.05) is 0 Å². The molecule has 0 aliphatic carbocycles. The summed E-state index contributed by atoms with van der Waals surface area (Å²) in [5.74, 6) is 0.981. The summed E-state index contributed by atoms with van der Waals surface area (Å²) in [6.07, 6.45) is 7.83. The first-order valence-electron chi connectivity index (χ1n) is 9.65. The molecule has 0 atom stereocenters. The second kappa shape index (κ2) is 14.3. The highest BCUT2D eigenvalue weighted by molar-refractivity contribution is 5.33. The molecular weight excluding hydrogens is 372 g/mol. The van der Waals surface area contributed by atoms with Crippen LogP contribution in [0.3, 0.4) is 0 Å². The predicted octanol–water partition coefficient (Wildman–Crippen LogP) is 6.36. The topological polar surface area (TPSA) is 60.7 Å². The lowest BCUT2D eigenvalue weighted by atomic mass is 10.1. The zero-order chi connectivity index (χ0) is 22.2. The molecule has 0 bridgehead atoms. The Bertz CT molecular complexity index is 911. The maximum atomic E-state index is 9.19. The van der Waals surface area contributed by atoms with Crippen LogP contribution in [0.15, 0.2) is 111 Å². The van der Waals surface area contributed by atoms with Crippen LogP contribution in [-0.4, -0.2) is 15.3 Å². The smallest absolute Gasteiger partial charge is 0.119 e. The number of phenolic OH excluding ortho intramolecular Hbond substituents is 3. The summed E-state index contributed by atoms with van der Waals surface area (Å²) < 4.78 is 0. The Kier molecular flexibility index (Phi) is 11.6. The Morgan fingerprint density at radius 2 is 1.17 bits per heavy atom. The minimum Gasteiger partial charge on any atom is -0.508 e. The number of hydrogen-bond donors (Lipinski definition) is 3. The van der Waals surface area contributed by atoms with Crippen molar-refractivity contribution in [2.24, 2.45) is 0 Å². The summed E-state index contributed by atoms with van der Waals surface area (Å²) in [5, 5.41) is 27.1. The van der Waals surface area contributed by atoms with Gasteiger partial charge in [0.15, 0.2) is 0 Å². The van der Waals surface area contributed by atoms with Crippen molar-refractivity contribution in [1.82, 2.24) is 0 Å². The summed E-state index contributed by atoms with van der Waals surface area (Å²) >= 11 is 0. The van der Waals surface area contributed by atoms with Crippen LogP contribution >= 0.6 is 0 Å². The average molecular weight is 403 g/mol. The van der Waals surface area contributed by atoms with E-state index in [1.807, 2.05) is 54.6 Å². The lowest BCUT2D eigenvalue weighted by Crippen LogP contribution is -1.79. The molecule has 0 aliphatic rings. The minimum absolute atomic E-state index is 0.313. The monoisotopic (exact) mass is 402 g/mol. The van der Waals surface area contributed by atoms with Crippen LogP contribution in [0.5, 0.6) is 17.2 Å². The van der Waals surface area contributed by atoms with E-state index in [4.69, 9.17) is 10.2 Å². The fourth-order valence-electron chi connectivity index (χ4n) is 2.49. The Labute approximate surface area is 179 Å². The van der Waals surface area contributed by atoms with Crippen molar-refractivity contribution >= 4 is 0 Å². The standard InChI is InChI=1S/3C9H10O/c1-2-5-8-6-3-4-7-9(8)10;1-2-4-8-5-3-6-9(10)7-8;1-2-3-8-4-6-9(10)7-5-8/h2-4,6-7,10H,1,5H2;2-3,5-7,10H,1,4H2;2,4-7,10H,1,3H2. The van der Waals surface area contributed by atoms with Gasteiger partial charge >= 0.3 is 0 Å². The van der Waals surface area contributed by atoms with Crippen molar-refractivity contribution in [2.45, 2.75) is 19.3 Å². The van der Waals surface area contributed by atoms with Crippen LogP contribution in [0.2, 0.25) is 0 Å². The first-order valence-corrected chi connectivity index (χ1v) is 9.65. The molecule has 0 saturated carbocycles. The largest absolute Gasteiger partial charge is 0.508 e. The fraction of sp³-hybridized carbons (Fsp3) is 0.111. The molecule has 0 aromatic heterocycles. The Balaban J connectivity index is 0.000000225. The normalized spacial score (nSPS) is 9.20. The molecular formula is C27H30O3. The molecule has 30 heavy (non-hydrogen) atoms. The van der Waals surface area contributed by atoms with Gasteiger partial charge in [-0.25, -0.2) is 0 Å². The van der Waals surface area contributed by atoms with Gasteiger partial charge in [0.25, 0.3) is 0 Å². The van der Waals surface area contributed by atoms with Gasteiger partial charge < -0.3 is 15.3 Å². The molecule has 0 saturated heterocycles. The van der Waals surface area contributed by atoms with Crippen molar-refractivity contribution < 1.29 is 15.3 Å². The zero-order valence-electron chi connectivity index (χ0n) is 17.2. The summed E-state index contributed by atoms with van der Waals surface area (Å²) in [5.41, 5.74) is 3.19. The molecule has 0 unspecified atom stereocenters. The van der Waals surface area contributed by atoms with Gasteiger partial charge in [0.1, 0.15) is 17.2 Å². The number of aromatic hydroxyl groups is 3.